The normalized spacial score (nSPS) is 15.1. The highest BCUT2D eigenvalue weighted by atomic mass is 32.2. The molecule has 1 aromatic carbocycles. The molecular formula is C19H23N3O4S2. The highest BCUT2D eigenvalue weighted by Gasteiger charge is 2.21. The molecule has 9 heteroatoms. The minimum atomic E-state index is -3.46. The molecule has 0 bridgehead atoms. The Labute approximate surface area is 169 Å². The molecule has 1 N–H and O–H groups in total. The zero-order valence-electron chi connectivity index (χ0n) is 15.8. The molecular weight excluding hydrogens is 398 g/mol. The summed E-state index contributed by atoms with van der Waals surface area (Å²) in [6.45, 7) is 0.958. The lowest BCUT2D eigenvalue weighted by molar-refractivity contribution is -0.119. The Morgan fingerprint density at radius 2 is 1.86 bits per heavy atom. The second-order valence-electron chi connectivity index (χ2n) is 6.74. The van der Waals surface area contributed by atoms with Crippen LogP contribution in [0.5, 0.6) is 0 Å². The zero-order chi connectivity index (χ0) is 20.3. The molecule has 28 heavy (non-hydrogen) atoms. The van der Waals surface area contributed by atoms with Crippen LogP contribution in [0.2, 0.25) is 0 Å². The summed E-state index contributed by atoms with van der Waals surface area (Å²) >= 11 is 1.14. The van der Waals surface area contributed by atoms with E-state index in [2.05, 4.69) is 5.32 Å². The molecule has 1 aromatic heterocycles. The standard InChI is InChI=1S/C19H23N3O4S2/c1-21(2)28(25,26)18-11-10-16(27-18)13-20-19(24)14-6-8-15(9-7-14)22-12-4-3-5-17(22)23/h6-11H,3-5,12-13H2,1-2H3,(H,20,24). The van der Waals surface area contributed by atoms with Crippen LogP contribution in [-0.4, -0.2) is 45.2 Å². The van der Waals surface area contributed by atoms with E-state index in [1.165, 1.54) is 14.1 Å². The largest absolute Gasteiger partial charge is 0.347 e. The first kappa shape index (κ1) is 20.5. The van der Waals surface area contributed by atoms with E-state index in [1.54, 1.807) is 41.3 Å². The Kier molecular flexibility index (Phi) is 6.17. The van der Waals surface area contributed by atoms with Crippen LogP contribution >= 0.6 is 11.3 Å². The van der Waals surface area contributed by atoms with Crippen molar-refractivity contribution in [2.24, 2.45) is 0 Å². The van der Waals surface area contributed by atoms with Crippen molar-refractivity contribution < 1.29 is 18.0 Å². The first-order chi connectivity index (χ1) is 13.3. The SMILES string of the molecule is CN(C)S(=O)(=O)c1ccc(CNC(=O)c2ccc(N3CCCCC3=O)cc2)s1. The first-order valence-corrected chi connectivity index (χ1v) is 11.2. The monoisotopic (exact) mass is 421 g/mol. The number of hydrogen-bond donors (Lipinski definition) is 1. The van der Waals surface area contributed by atoms with Gasteiger partial charge in [-0.25, -0.2) is 12.7 Å². The van der Waals surface area contributed by atoms with E-state index < -0.39 is 10.0 Å². The van der Waals surface area contributed by atoms with Gasteiger partial charge in [0.1, 0.15) is 4.21 Å². The fourth-order valence-corrected chi connectivity index (χ4v) is 5.38. The van der Waals surface area contributed by atoms with Crippen molar-refractivity contribution in [3.63, 3.8) is 0 Å². The predicted octanol–water partition coefficient (Wildman–Crippen LogP) is 2.45. The summed E-state index contributed by atoms with van der Waals surface area (Å²) in [6.07, 6.45) is 2.48. The molecule has 1 aliphatic heterocycles. The molecule has 0 atom stereocenters. The van der Waals surface area contributed by atoms with Crippen molar-refractivity contribution in [1.82, 2.24) is 9.62 Å². The lowest BCUT2D eigenvalue weighted by Crippen LogP contribution is -2.35. The molecule has 0 spiro atoms. The number of nitrogens with one attached hydrogen (secondary N) is 1. The highest BCUT2D eigenvalue weighted by Crippen LogP contribution is 2.24. The molecule has 0 saturated carbocycles. The van der Waals surface area contributed by atoms with Gasteiger partial charge in [-0.05, 0) is 49.2 Å². The lowest BCUT2D eigenvalue weighted by atomic mass is 10.1. The summed E-state index contributed by atoms with van der Waals surface area (Å²) in [6, 6.07) is 10.2. The molecule has 2 aromatic rings. The van der Waals surface area contributed by atoms with Gasteiger partial charge in [-0.3, -0.25) is 9.59 Å². The fourth-order valence-electron chi connectivity index (χ4n) is 2.91. The molecule has 2 heterocycles. The molecule has 1 fully saturated rings. The van der Waals surface area contributed by atoms with Crippen LogP contribution < -0.4 is 10.2 Å². The van der Waals surface area contributed by atoms with E-state index in [0.29, 0.717) is 18.5 Å². The number of anilines is 1. The minimum absolute atomic E-state index is 0.115. The molecule has 1 aliphatic rings. The molecule has 2 amide bonds. The van der Waals surface area contributed by atoms with Crippen LogP contribution in [0, 0.1) is 0 Å². The highest BCUT2D eigenvalue weighted by molar-refractivity contribution is 7.91. The van der Waals surface area contributed by atoms with Crippen molar-refractivity contribution in [2.45, 2.75) is 30.0 Å². The molecule has 0 aliphatic carbocycles. The number of benzene rings is 1. The number of piperidine rings is 1. The van der Waals surface area contributed by atoms with Gasteiger partial charge in [-0.15, -0.1) is 11.3 Å². The van der Waals surface area contributed by atoms with E-state index in [-0.39, 0.29) is 22.6 Å². The number of hydrogen-bond acceptors (Lipinski definition) is 5. The number of nitrogens with zero attached hydrogens (tertiary/aromatic N) is 2. The molecule has 3 rings (SSSR count). The van der Waals surface area contributed by atoms with Crippen molar-refractivity contribution >= 4 is 38.9 Å². The van der Waals surface area contributed by atoms with Gasteiger partial charge in [-0.1, -0.05) is 0 Å². The minimum Gasteiger partial charge on any atom is -0.347 e. The number of amides is 2. The van der Waals surface area contributed by atoms with Gasteiger partial charge in [-0.2, -0.15) is 0 Å². The first-order valence-electron chi connectivity index (χ1n) is 8.99. The lowest BCUT2D eigenvalue weighted by Gasteiger charge is -2.26. The van der Waals surface area contributed by atoms with Gasteiger partial charge in [0, 0.05) is 43.2 Å². The third-order valence-electron chi connectivity index (χ3n) is 4.56. The second-order valence-corrected chi connectivity index (χ2v) is 10.3. The smallest absolute Gasteiger partial charge is 0.252 e. The fraction of sp³-hybridized carbons (Fsp3) is 0.368. The van der Waals surface area contributed by atoms with Crippen LogP contribution in [0.4, 0.5) is 5.69 Å². The maximum atomic E-state index is 12.4. The number of sulfonamides is 1. The summed E-state index contributed by atoms with van der Waals surface area (Å²) in [5, 5.41) is 2.80. The van der Waals surface area contributed by atoms with Crippen molar-refractivity contribution in [3.8, 4) is 0 Å². The summed E-state index contributed by atoms with van der Waals surface area (Å²) in [7, 11) is -0.492. The van der Waals surface area contributed by atoms with Crippen LogP contribution in [0.3, 0.4) is 0 Å². The Morgan fingerprint density at radius 3 is 2.50 bits per heavy atom. The Hall–Kier alpha value is -2.23. The third-order valence-corrected chi connectivity index (χ3v) is 7.93. The quantitative estimate of drug-likeness (QED) is 0.776. The molecule has 0 radical (unpaired) electrons. The summed E-state index contributed by atoms with van der Waals surface area (Å²) in [5.41, 5.74) is 1.30. The molecule has 150 valence electrons. The van der Waals surface area contributed by atoms with Gasteiger partial charge < -0.3 is 10.2 Å². The van der Waals surface area contributed by atoms with Crippen molar-refractivity contribution in [1.29, 1.82) is 0 Å². The summed E-state index contributed by atoms with van der Waals surface area (Å²) in [4.78, 5) is 26.9. The van der Waals surface area contributed by atoms with E-state index in [9.17, 15) is 18.0 Å². The second kappa shape index (κ2) is 8.42. The Bertz CT molecular complexity index is 965. The van der Waals surface area contributed by atoms with Crippen LogP contribution in [0.1, 0.15) is 34.5 Å². The number of carbonyl (C=O) groups is 2. The van der Waals surface area contributed by atoms with Crippen molar-refractivity contribution in [2.75, 3.05) is 25.5 Å². The van der Waals surface area contributed by atoms with E-state index in [0.717, 1.165) is 39.0 Å². The maximum Gasteiger partial charge on any atom is 0.252 e. The van der Waals surface area contributed by atoms with E-state index >= 15 is 0 Å². The molecule has 7 nitrogen and oxygen atoms in total. The molecule has 0 unspecified atom stereocenters. The predicted molar refractivity (Wildman–Crippen MR) is 109 cm³/mol. The number of rotatable bonds is 6. The topological polar surface area (TPSA) is 86.8 Å². The number of carbonyl (C=O) groups excluding carboxylic acids is 2. The summed E-state index contributed by atoms with van der Waals surface area (Å²) in [5.74, 6) is -0.133. The van der Waals surface area contributed by atoms with Gasteiger partial charge >= 0.3 is 0 Å². The number of thiophene rings is 1. The molecule has 1 saturated heterocycles. The van der Waals surface area contributed by atoms with Gasteiger partial charge in [0.15, 0.2) is 0 Å². The Balaban J connectivity index is 1.61. The van der Waals surface area contributed by atoms with Crippen molar-refractivity contribution in [3.05, 3.63) is 46.8 Å². The van der Waals surface area contributed by atoms with Gasteiger partial charge in [0.25, 0.3) is 15.9 Å². The van der Waals surface area contributed by atoms with E-state index in [1.807, 2.05) is 0 Å². The maximum absolute atomic E-state index is 12.4. The summed E-state index contributed by atoms with van der Waals surface area (Å²) < 4.78 is 25.6. The zero-order valence-corrected chi connectivity index (χ0v) is 17.5. The van der Waals surface area contributed by atoms with Crippen LogP contribution in [0.25, 0.3) is 0 Å². The average Bonchev–Trinajstić information content (AvgIpc) is 3.16. The Morgan fingerprint density at radius 1 is 1.14 bits per heavy atom. The third kappa shape index (κ3) is 4.43. The van der Waals surface area contributed by atoms with E-state index in [4.69, 9.17) is 0 Å². The average molecular weight is 422 g/mol. The van der Waals surface area contributed by atoms with Crippen LogP contribution in [-0.2, 0) is 21.4 Å². The van der Waals surface area contributed by atoms with Gasteiger partial charge in [0.2, 0.25) is 5.91 Å². The van der Waals surface area contributed by atoms with Gasteiger partial charge in [0.05, 0.1) is 6.54 Å². The van der Waals surface area contributed by atoms with Crippen LogP contribution in [0.15, 0.2) is 40.6 Å².